The van der Waals surface area contributed by atoms with Gasteiger partial charge in [0.05, 0.1) is 21.0 Å². The van der Waals surface area contributed by atoms with Crippen LogP contribution in [0.1, 0.15) is 37.4 Å². The van der Waals surface area contributed by atoms with Crippen LogP contribution in [0.15, 0.2) is 9.40 Å². The van der Waals surface area contributed by atoms with Crippen molar-refractivity contribution in [3.63, 3.8) is 0 Å². The number of nitrogens with one attached hydrogen (secondary N) is 1. The Morgan fingerprint density at radius 3 is 2.53 bits per heavy atom. The number of nitrogens with zero attached hydrogens (tertiary/aromatic N) is 2. The Kier molecular flexibility index (Phi) is 5.66. The summed E-state index contributed by atoms with van der Waals surface area (Å²) in [6.07, 6.45) is -5.53. The predicted octanol–water partition coefficient (Wildman–Crippen LogP) is -0.623. The molecule has 7 N–H and O–H groups in total. The highest BCUT2D eigenvalue weighted by atomic mass is 79.9. The molecule has 1 saturated heterocycles. The molecule has 2 aromatic rings. The number of ether oxygens (including phenoxy) is 2. The minimum absolute atomic E-state index is 0.0109. The number of amides is 1. The summed E-state index contributed by atoms with van der Waals surface area (Å²) in [5.41, 5.74) is 9.50. The van der Waals surface area contributed by atoms with E-state index in [4.69, 9.17) is 20.9 Å². The number of fused-ring (bicyclic) bond motifs is 1. The SMILES string of the molecule is CC(C)(C)C(=O)OC[C@@H]1O[C@H](n2c(=O)nc(N)c3c(C(N)=O)c(Br)[nH]c32)[C@H](O)[C@H]1O. The van der Waals surface area contributed by atoms with Gasteiger partial charge in [0.1, 0.15) is 36.4 Å². The van der Waals surface area contributed by atoms with E-state index in [1.165, 1.54) is 0 Å². The number of carbonyl (C=O) groups is 2. The zero-order valence-corrected chi connectivity index (χ0v) is 18.0. The second-order valence-corrected chi connectivity index (χ2v) is 8.74. The van der Waals surface area contributed by atoms with E-state index in [2.05, 4.69) is 25.9 Å². The van der Waals surface area contributed by atoms with Crippen LogP contribution in [0.3, 0.4) is 0 Å². The van der Waals surface area contributed by atoms with Gasteiger partial charge in [0, 0.05) is 0 Å². The highest BCUT2D eigenvalue weighted by Gasteiger charge is 2.46. The number of primary amides is 1. The molecule has 12 nitrogen and oxygen atoms in total. The number of nitrogen functional groups attached to an aromatic ring is 1. The van der Waals surface area contributed by atoms with Crippen LogP contribution in [0.5, 0.6) is 0 Å². The third-order valence-corrected chi connectivity index (χ3v) is 5.28. The zero-order chi connectivity index (χ0) is 22.5. The van der Waals surface area contributed by atoms with Gasteiger partial charge in [-0.05, 0) is 36.7 Å². The van der Waals surface area contributed by atoms with Crippen molar-refractivity contribution in [3.05, 3.63) is 20.7 Å². The second kappa shape index (κ2) is 7.65. The van der Waals surface area contributed by atoms with E-state index in [1.807, 2.05) is 0 Å². The summed E-state index contributed by atoms with van der Waals surface area (Å²) in [6.45, 7) is 4.64. The third-order valence-electron chi connectivity index (χ3n) is 4.68. The van der Waals surface area contributed by atoms with Crippen molar-refractivity contribution in [1.29, 1.82) is 0 Å². The number of hydrogen-bond acceptors (Lipinski definition) is 9. The number of esters is 1. The highest BCUT2D eigenvalue weighted by Crippen LogP contribution is 2.34. The number of aromatic nitrogens is 3. The van der Waals surface area contributed by atoms with E-state index in [9.17, 15) is 24.6 Å². The molecule has 1 aliphatic heterocycles. The number of aliphatic hydroxyl groups excluding tert-OH is 2. The van der Waals surface area contributed by atoms with Crippen molar-refractivity contribution in [2.75, 3.05) is 12.3 Å². The Morgan fingerprint density at radius 1 is 1.33 bits per heavy atom. The molecule has 0 unspecified atom stereocenters. The first kappa shape index (κ1) is 22.2. The standard InChI is InChI=1S/C17H22BrN5O7/c1-17(2,3)15(27)29-4-5-8(24)9(25)14(30-5)23-13-7(11(19)22-16(23)28)6(12(20)26)10(18)21-13/h5,8-9,14,21,24-25H,4H2,1-3H3,(H2,20,26)(H2,19,22,28)/t5-,8-,9+,14-/m0/s1. The summed E-state index contributed by atoms with van der Waals surface area (Å²) >= 11 is 3.14. The average molecular weight is 488 g/mol. The summed E-state index contributed by atoms with van der Waals surface area (Å²) in [5, 5.41) is 20.9. The molecule has 0 saturated carbocycles. The number of anilines is 1. The summed E-state index contributed by atoms with van der Waals surface area (Å²) in [6, 6.07) is 0. The van der Waals surface area contributed by atoms with E-state index in [-0.39, 0.29) is 33.6 Å². The number of aromatic amines is 1. The summed E-state index contributed by atoms with van der Waals surface area (Å²) in [4.78, 5) is 42.8. The molecule has 0 radical (unpaired) electrons. The average Bonchev–Trinajstić information content (AvgIpc) is 3.11. The molecule has 3 rings (SSSR count). The van der Waals surface area contributed by atoms with Crippen molar-refractivity contribution < 1.29 is 29.3 Å². The predicted molar refractivity (Wildman–Crippen MR) is 107 cm³/mol. The van der Waals surface area contributed by atoms with Crippen LogP contribution in [0.25, 0.3) is 11.0 Å². The molecule has 0 aromatic carbocycles. The van der Waals surface area contributed by atoms with E-state index in [0.29, 0.717) is 0 Å². The second-order valence-electron chi connectivity index (χ2n) is 7.95. The highest BCUT2D eigenvalue weighted by molar-refractivity contribution is 9.10. The van der Waals surface area contributed by atoms with Crippen LogP contribution in [0, 0.1) is 5.41 Å². The smallest absolute Gasteiger partial charge is 0.353 e. The molecular formula is C17H22BrN5O7. The molecule has 4 atom stereocenters. The largest absolute Gasteiger partial charge is 0.462 e. The Bertz CT molecular complexity index is 1070. The normalized spacial score (nSPS) is 24.3. The Morgan fingerprint density at radius 2 is 1.97 bits per heavy atom. The van der Waals surface area contributed by atoms with Gasteiger partial charge < -0.3 is 36.1 Å². The fourth-order valence-electron chi connectivity index (χ4n) is 3.12. The van der Waals surface area contributed by atoms with Crippen LogP contribution in [0.4, 0.5) is 5.82 Å². The minimum atomic E-state index is -1.56. The first-order valence-electron chi connectivity index (χ1n) is 8.92. The fourth-order valence-corrected chi connectivity index (χ4v) is 3.70. The van der Waals surface area contributed by atoms with Gasteiger partial charge in [-0.3, -0.25) is 9.59 Å². The van der Waals surface area contributed by atoms with E-state index >= 15 is 0 Å². The van der Waals surface area contributed by atoms with Gasteiger partial charge in [0.25, 0.3) is 5.91 Å². The van der Waals surface area contributed by atoms with Gasteiger partial charge in [0.15, 0.2) is 6.23 Å². The number of hydrogen-bond donors (Lipinski definition) is 5. The molecule has 0 aliphatic carbocycles. The summed E-state index contributed by atoms with van der Waals surface area (Å²) in [5.74, 6) is -1.60. The number of H-pyrrole nitrogens is 1. The van der Waals surface area contributed by atoms with Crippen LogP contribution < -0.4 is 17.2 Å². The van der Waals surface area contributed by atoms with Gasteiger partial charge in [-0.25, -0.2) is 9.36 Å². The molecule has 30 heavy (non-hydrogen) atoms. The number of aliphatic hydroxyl groups is 2. The minimum Gasteiger partial charge on any atom is -0.462 e. The number of halogens is 1. The van der Waals surface area contributed by atoms with E-state index < -0.39 is 47.5 Å². The molecule has 2 aromatic heterocycles. The quantitative estimate of drug-likeness (QED) is 0.348. The maximum atomic E-state index is 12.6. The van der Waals surface area contributed by atoms with Crippen molar-refractivity contribution in [2.45, 2.75) is 45.3 Å². The van der Waals surface area contributed by atoms with Crippen LogP contribution in [-0.4, -0.2) is 61.5 Å². The van der Waals surface area contributed by atoms with Crippen LogP contribution in [0.2, 0.25) is 0 Å². The number of nitrogens with two attached hydrogens (primary N) is 2. The molecule has 1 amide bonds. The van der Waals surface area contributed by atoms with Gasteiger partial charge >= 0.3 is 11.7 Å². The maximum Gasteiger partial charge on any atom is 0.353 e. The molecule has 3 heterocycles. The van der Waals surface area contributed by atoms with E-state index in [0.717, 1.165) is 4.57 Å². The lowest BCUT2D eigenvalue weighted by Crippen LogP contribution is -2.37. The van der Waals surface area contributed by atoms with Crippen LogP contribution >= 0.6 is 15.9 Å². The Labute approximate surface area is 178 Å². The fraction of sp³-hybridized carbons (Fsp3) is 0.529. The van der Waals surface area contributed by atoms with Gasteiger partial charge in [-0.1, -0.05) is 0 Å². The summed E-state index contributed by atoms with van der Waals surface area (Å²) < 4.78 is 11.9. The summed E-state index contributed by atoms with van der Waals surface area (Å²) in [7, 11) is 0. The molecule has 1 aliphatic rings. The lowest BCUT2D eigenvalue weighted by atomic mass is 9.97. The van der Waals surface area contributed by atoms with Crippen molar-refractivity contribution in [2.24, 2.45) is 11.1 Å². The zero-order valence-electron chi connectivity index (χ0n) is 16.4. The molecule has 164 valence electrons. The topological polar surface area (TPSA) is 196 Å². The molecular weight excluding hydrogens is 466 g/mol. The van der Waals surface area contributed by atoms with Crippen molar-refractivity contribution in [1.82, 2.24) is 14.5 Å². The van der Waals surface area contributed by atoms with Gasteiger partial charge in [-0.15, -0.1) is 0 Å². The van der Waals surface area contributed by atoms with Gasteiger partial charge in [0.2, 0.25) is 0 Å². The lowest BCUT2D eigenvalue weighted by molar-refractivity contribution is -0.159. The van der Waals surface area contributed by atoms with Gasteiger partial charge in [-0.2, -0.15) is 4.98 Å². The first-order chi connectivity index (χ1) is 13.8. The Balaban J connectivity index is 2.00. The van der Waals surface area contributed by atoms with E-state index in [1.54, 1.807) is 20.8 Å². The third kappa shape index (κ3) is 3.69. The molecule has 1 fully saturated rings. The lowest BCUT2D eigenvalue weighted by Gasteiger charge is -2.20. The van der Waals surface area contributed by atoms with Crippen LogP contribution in [-0.2, 0) is 14.3 Å². The molecule has 13 heteroatoms. The number of rotatable bonds is 4. The maximum absolute atomic E-state index is 12.6. The molecule has 0 bridgehead atoms. The number of carbonyl (C=O) groups excluding carboxylic acids is 2. The van der Waals surface area contributed by atoms with Crippen molar-refractivity contribution in [3.8, 4) is 0 Å². The monoisotopic (exact) mass is 487 g/mol. The first-order valence-corrected chi connectivity index (χ1v) is 9.71. The molecule has 0 spiro atoms. The van der Waals surface area contributed by atoms with Crippen molar-refractivity contribution >= 4 is 44.7 Å². The Hall–Kier alpha value is -2.48.